The fourth-order valence-corrected chi connectivity index (χ4v) is 8.17. The lowest BCUT2D eigenvalue weighted by atomic mass is 10.1. The first-order valence-corrected chi connectivity index (χ1v) is 28.6. The van der Waals surface area contributed by atoms with E-state index in [0.717, 1.165) is 70.6 Å². The van der Waals surface area contributed by atoms with Gasteiger partial charge in [-0.2, -0.15) is 0 Å². The van der Waals surface area contributed by atoms with Gasteiger partial charge in [0.15, 0.2) is 6.10 Å². The van der Waals surface area contributed by atoms with E-state index in [1.54, 1.807) is 0 Å². The first-order valence-electron chi connectivity index (χ1n) is 28.6. The Balaban J connectivity index is 4.34. The second-order valence-electron chi connectivity index (χ2n) is 19.2. The van der Waals surface area contributed by atoms with E-state index in [-0.39, 0.29) is 31.1 Å². The third-order valence-corrected chi connectivity index (χ3v) is 12.5. The predicted octanol–water partition coefficient (Wildman–Crippen LogP) is 19.0. The average Bonchev–Trinajstić information content (AvgIpc) is 3.31. The van der Waals surface area contributed by atoms with Crippen LogP contribution in [0.2, 0.25) is 0 Å². The minimum Gasteiger partial charge on any atom is -0.462 e. The molecule has 6 nitrogen and oxygen atoms in total. The van der Waals surface area contributed by atoms with Gasteiger partial charge in [0.25, 0.3) is 0 Å². The normalized spacial score (nSPS) is 12.3. The van der Waals surface area contributed by atoms with E-state index >= 15 is 0 Å². The third kappa shape index (κ3) is 52.3. The first kappa shape index (κ1) is 63.4. The number of ether oxygens (including phenoxy) is 3. The Kier molecular flexibility index (Phi) is 52.8. The number of carbonyl (C=O) groups is 3. The number of carbonyl (C=O) groups excluding carboxylic acids is 3. The van der Waals surface area contributed by atoms with E-state index in [2.05, 4.69) is 69.4 Å². The molecular weight excluding hydrogens is 817 g/mol. The molecule has 384 valence electrons. The van der Waals surface area contributed by atoms with Crippen LogP contribution in [0.25, 0.3) is 0 Å². The number of hydrogen-bond donors (Lipinski definition) is 0. The molecule has 1 unspecified atom stereocenters. The largest absolute Gasteiger partial charge is 0.462 e. The van der Waals surface area contributed by atoms with Crippen LogP contribution in [-0.2, 0) is 28.6 Å². The quantitative estimate of drug-likeness (QED) is 0.0262. The topological polar surface area (TPSA) is 78.9 Å². The molecule has 0 saturated heterocycles. The Morgan fingerprint density at radius 3 is 0.879 bits per heavy atom. The van der Waals surface area contributed by atoms with Crippen molar-refractivity contribution in [2.45, 2.75) is 303 Å². The SMILES string of the molecule is CCCCC/C=C\C/C=C\CCCCCCCCCCCC(=O)OCC(COC(=O)CCCCCCC/C=C\CCCCC)OC(=O)CCCCCCCCC/C=C\CCCCCCCC. The standard InChI is InChI=1S/C60H108O6/c1-4-7-10-13-16-19-22-25-27-29-30-32-33-35-38-41-44-47-50-53-59(62)65-56-57(55-64-58(61)52-49-46-43-40-37-24-21-18-15-12-9-6-3)66-60(63)54-51-48-45-42-39-36-34-31-28-26-23-20-17-14-11-8-5-2/h16,18-19,21,25-28,57H,4-15,17,20,22-24,29-56H2,1-3H3/b19-16-,21-18-,27-25-,28-26-. The molecule has 1 atom stereocenters. The Morgan fingerprint density at radius 1 is 0.303 bits per heavy atom. The van der Waals surface area contributed by atoms with Gasteiger partial charge in [0.05, 0.1) is 0 Å². The van der Waals surface area contributed by atoms with Crippen LogP contribution in [0.5, 0.6) is 0 Å². The molecule has 0 N–H and O–H groups in total. The molecule has 0 amide bonds. The Labute approximate surface area is 409 Å². The molecule has 6 heteroatoms. The van der Waals surface area contributed by atoms with Crippen LogP contribution in [-0.4, -0.2) is 37.2 Å². The van der Waals surface area contributed by atoms with Crippen LogP contribution in [0.1, 0.15) is 297 Å². The summed E-state index contributed by atoms with van der Waals surface area (Å²) in [6.45, 7) is 6.60. The van der Waals surface area contributed by atoms with Crippen LogP contribution >= 0.6 is 0 Å². The number of hydrogen-bond acceptors (Lipinski definition) is 6. The predicted molar refractivity (Wildman–Crippen MR) is 284 cm³/mol. The van der Waals surface area contributed by atoms with Crippen molar-refractivity contribution in [3.05, 3.63) is 48.6 Å². The van der Waals surface area contributed by atoms with Crippen molar-refractivity contribution >= 4 is 17.9 Å². The molecule has 0 spiro atoms. The van der Waals surface area contributed by atoms with E-state index < -0.39 is 6.10 Å². The number of allylic oxidation sites excluding steroid dienone is 8. The molecule has 0 radical (unpaired) electrons. The molecule has 0 rings (SSSR count). The number of esters is 3. The van der Waals surface area contributed by atoms with Gasteiger partial charge in [0, 0.05) is 19.3 Å². The summed E-state index contributed by atoms with van der Waals surface area (Å²) in [4.78, 5) is 38.1. The molecular formula is C60H108O6. The minimum atomic E-state index is -0.779. The van der Waals surface area contributed by atoms with Gasteiger partial charge < -0.3 is 14.2 Å². The highest BCUT2D eigenvalue weighted by molar-refractivity contribution is 5.71. The van der Waals surface area contributed by atoms with Gasteiger partial charge in [0.2, 0.25) is 0 Å². The second-order valence-corrected chi connectivity index (χ2v) is 19.2. The zero-order chi connectivity index (χ0) is 47.9. The van der Waals surface area contributed by atoms with Crippen LogP contribution in [0.3, 0.4) is 0 Å². The maximum Gasteiger partial charge on any atom is 0.306 e. The molecule has 0 aromatic rings. The molecule has 0 aromatic heterocycles. The van der Waals surface area contributed by atoms with Gasteiger partial charge in [0.1, 0.15) is 13.2 Å². The molecule has 0 heterocycles. The van der Waals surface area contributed by atoms with Crippen LogP contribution in [0.4, 0.5) is 0 Å². The second kappa shape index (κ2) is 55.0. The summed E-state index contributed by atoms with van der Waals surface area (Å²) < 4.78 is 16.9. The van der Waals surface area contributed by atoms with Crippen molar-refractivity contribution in [2.24, 2.45) is 0 Å². The van der Waals surface area contributed by atoms with Crippen molar-refractivity contribution < 1.29 is 28.6 Å². The van der Waals surface area contributed by atoms with Crippen LogP contribution < -0.4 is 0 Å². The lowest BCUT2D eigenvalue weighted by Gasteiger charge is -2.18. The molecule has 0 bridgehead atoms. The van der Waals surface area contributed by atoms with Crippen molar-refractivity contribution in [1.29, 1.82) is 0 Å². The summed E-state index contributed by atoms with van der Waals surface area (Å²) in [5, 5.41) is 0. The number of rotatable bonds is 52. The fourth-order valence-electron chi connectivity index (χ4n) is 8.17. The summed E-state index contributed by atoms with van der Waals surface area (Å²) in [6.07, 6.45) is 66.7. The lowest BCUT2D eigenvalue weighted by molar-refractivity contribution is -0.167. The monoisotopic (exact) mass is 925 g/mol. The molecule has 0 aromatic carbocycles. The summed E-state index contributed by atoms with van der Waals surface area (Å²) in [6, 6.07) is 0. The van der Waals surface area contributed by atoms with Crippen molar-refractivity contribution in [2.75, 3.05) is 13.2 Å². The summed E-state index contributed by atoms with van der Waals surface area (Å²) in [5.74, 6) is -0.884. The van der Waals surface area contributed by atoms with E-state index in [1.807, 2.05) is 0 Å². The van der Waals surface area contributed by atoms with Gasteiger partial charge in [-0.05, 0) is 103 Å². The summed E-state index contributed by atoms with van der Waals surface area (Å²) in [5.41, 5.74) is 0. The van der Waals surface area contributed by atoms with Crippen LogP contribution in [0, 0.1) is 0 Å². The molecule has 0 aliphatic carbocycles. The maximum absolute atomic E-state index is 12.8. The zero-order valence-electron chi connectivity index (χ0n) is 44.0. The van der Waals surface area contributed by atoms with Gasteiger partial charge in [-0.3, -0.25) is 14.4 Å². The van der Waals surface area contributed by atoms with E-state index in [1.165, 1.54) is 186 Å². The Hall–Kier alpha value is -2.63. The molecule has 0 aliphatic rings. The molecule has 0 fully saturated rings. The van der Waals surface area contributed by atoms with E-state index in [0.29, 0.717) is 19.3 Å². The van der Waals surface area contributed by atoms with Gasteiger partial charge in [-0.25, -0.2) is 0 Å². The molecule has 0 aliphatic heterocycles. The fraction of sp³-hybridized carbons (Fsp3) is 0.817. The van der Waals surface area contributed by atoms with E-state index in [9.17, 15) is 14.4 Å². The Morgan fingerprint density at radius 2 is 0.545 bits per heavy atom. The van der Waals surface area contributed by atoms with Crippen molar-refractivity contribution in [3.8, 4) is 0 Å². The zero-order valence-corrected chi connectivity index (χ0v) is 44.0. The van der Waals surface area contributed by atoms with E-state index in [4.69, 9.17) is 14.2 Å². The summed E-state index contributed by atoms with van der Waals surface area (Å²) in [7, 11) is 0. The molecule has 0 saturated carbocycles. The van der Waals surface area contributed by atoms with Crippen LogP contribution in [0.15, 0.2) is 48.6 Å². The highest BCUT2D eigenvalue weighted by Gasteiger charge is 2.19. The Bertz CT molecular complexity index is 1150. The highest BCUT2D eigenvalue weighted by atomic mass is 16.6. The summed E-state index contributed by atoms with van der Waals surface area (Å²) >= 11 is 0. The van der Waals surface area contributed by atoms with Gasteiger partial charge in [-0.1, -0.05) is 223 Å². The van der Waals surface area contributed by atoms with Crippen molar-refractivity contribution in [3.63, 3.8) is 0 Å². The highest BCUT2D eigenvalue weighted by Crippen LogP contribution is 2.15. The van der Waals surface area contributed by atoms with Gasteiger partial charge in [-0.15, -0.1) is 0 Å². The van der Waals surface area contributed by atoms with Gasteiger partial charge >= 0.3 is 17.9 Å². The lowest BCUT2D eigenvalue weighted by Crippen LogP contribution is -2.30. The smallest absolute Gasteiger partial charge is 0.306 e. The minimum absolute atomic E-state index is 0.0783. The van der Waals surface area contributed by atoms with Crippen molar-refractivity contribution in [1.82, 2.24) is 0 Å². The average molecular weight is 926 g/mol. The number of unbranched alkanes of at least 4 members (excludes halogenated alkanes) is 33. The third-order valence-electron chi connectivity index (χ3n) is 12.5. The first-order chi connectivity index (χ1) is 32.5. The maximum atomic E-state index is 12.8. The molecule has 66 heavy (non-hydrogen) atoms.